The number of aliphatic hydroxyl groups excluding tert-OH is 1. The fourth-order valence-corrected chi connectivity index (χ4v) is 1.74. The molecular formula is C12H12O6. The maximum atomic E-state index is 10.9. The summed E-state index contributed by atoms with van der Waals surface area (Å²) in [5.74, 6) is -1.06. The second-order valence-electron chi connectivity index (χ2n) is 3.81. The summed E-state index contributed by atoms with van der Waals surface area (Å²) in [4.78, 5) is 21.7. The lowest BCUT2D eigenvalue weighted by Crippen LogP contribution is -2.12. The van der Waals surface area contributed by atoms with E-state index in [0.717, 1.165) is 0 Å². The number of carboxylic acids is 1. The van der Waals surface area contributed by atoms with Gasteiger partial charge < -0.3 is 19.7 Å². The monoisotopic (exact) mass is 252 g/mol. The number of carboxylic acid groups (broad SMARTS) is 1. The molecule has 0 saturated carbocycles. The molecule has 1 aliphatic rings. The number of rotatable bonds is 3. The zero-order chi connectivity index (χ0) is 13.1. The molecule has 6 heteroatoms. The standard InChI is InChI=1S/C12H12O6/c13-6-7-2-3-8(9(14)12(15)16)11-10(7)17-4-1-5-18-11/h2-3,6,9,14H,1,4-5H2,(H,15,16). The summed E-state index contributed by atoms with van der Waals surface area (Å²) in [7, 11) is 0. The highest BCUT2D eigenvalue weighted by molar-refractivity contribution is 5.84. The first kappa shape index (κ1) is 12.4. The number of benzene rings is 1. The normalized spacial score (nSPS) is 15.6. The van der Waals surface area contributed by atoms with E-state index in [4.69, 9.17) is 14.6 Å². The molecule has 1 aliphatic heterocycles. The van der Waals surface area contributed by atoms with E-state index >= 15 is 0 Å². The summed E-state index contributed by atoms with van der Waals surface area (Å²) in [5.41, 5.74) is 0.359. The number of hydrogen-bond donors (Lipinski definition) is 2. The van der Waals surface area contributed by atoms with Gasteiger partial charge in [0.1, 0.15) is 0 Å². The average molecular weight is 252 g/mol. The molecule has 1 aromatic rings. The third-order valence-electron chi connectivity index (χ3n) is 2.61. The van der Waals surface area contributed by atoms with Crippen molar-refractivity contribution in [3.05, 3.63) is 23.3 Å². The van der Waals surface area contributed by atoms with Gasteiger partial charge in [-0.3, -0.25) is 4.79 Å². The third kappa shape index (κ3) is 2.14. The first-order chi connectivity index (χ1) is 8.65. The number of aliphatic carboxylic acids is 1. The number of fused-ring (bicyclic) bond motifs is 1. The Kier molecular flexibility index (Phi) is 3.47. The van der Waals surface area contributed by atoms with E-state index in [1.807, 2.05) is 0 Å². The topological polar surface area (TPSA) is 93.1 Å². The lowest BCUT2D eigenvalue weighted by molar-refractivity contribution is -0.147. The van der Waals surface area contributed by atoms with Gasteiger partial charge in [-0.05, 0) is 6.07 Å². The van der Waals surface area contributed by atoms with E-state index in [9.17, 15) is 14.7 Å². The van der Waals surface area contributed by atoms with Crippen LogP contribution in [0.2, 0.25) is 0 Å². The van der Waals surface area contributed by atoms with Crippen LogP contribution in [0.1, 0.15) is 28.4 Å². The largest absolute Gasteiger partial charge is 0.489 e. The van der Waals surface area contributed by atoms with Gasteiger partial charge in [-0.2, -0.15) is 0 Å². The second kappa shape index (κ2) is 5.05. The van der Waals surface area contributed by atoms with E-state index in [2.05, 4.69) is 0 Å². The Balaban J connectivity index is 2.55. The van der Waals surface area contributed by atoms with Gasteiger partial charge >= 0.3 is 5.97 Å². The molecule has 0 saturated heterocycles. The number of aliphatic hydroxyl groups is 1. The lowest BCUT2D eigenvalue weighted by Gasteiger charge is -2.15. The SMILES string of the molecule is O=Cc1ccc(C(O)C(=O)O)c2c1OCCCO2. The zero-order valence-electron chi connectivity index (χ0n) is 9.46. The van der Waals surface area contributed by atoms with Crippen LogP contribution in [0.25, 0.3) is 0 Å². The maximum absolute atomic E-state index is 10.9. The Labute approximate surface area is 103 Å². The lowest BCUT2D eigenvalue weighted by atomic mass is 10.0. The molecule has 0 radical (unpaired) electrons. The van der Waals surface area contributed by atoms with E-state index in [-0.39, 0.29) is 22.6 Å². The first-order valence-electron chi connectivity index (χ1n) is 5.43. The van der Waals surface area contributed by atoms with Crippen LogP contribution in [-0.4, -0.2) is 35.7 Å². The molecule has 1 aromatic carbocycles. The predicted octanol–water partition coefficient (Wildman–Crippen LogP) is 0.778. The zero-order valence-corrected chi connectivity index (χ0v) is 9.46. The van der Waals surface area contributed by atoms with Crippen molar-refractivity contribution in [2.45, 2.75) is 12.5 Å². The molecule has 0 aliphatic carbocycles. The Morgan fingerprint density at radius 2 is 1.94 bits per heavy atom. The molecule has 0 spiro atoms. The summed E-state index contributed by atoms with van der Waals surface area (Å²) >= 11 is 0. The molecular weight excluding hydrogens is 240 g/mol. The van der Waals surface area contributed by atoms with Crippen LogP contribution in [0.15, 0.2) is 12.1 Å². The van der Waals surface area contributed by atoms with Crippen LogP contribution in [0.4, 0.5) is 0 Å². The van der Waals surface area contributed by atoms with E-state index in [1.165, 1.54) is 12.1 Å². The fraction of sp³-hybridized carbons (Fsp3) is 0.333. The van der Waals surface area contributed by atoms with Crippen molar-refractivity contribution in [1.29, 1.82) is 0 Å². The number of carbonyl (C=O) groups is 2. The minimum atomic E-state index is -1.71. The van der Waals surface area contributed by atoms with Gasteiger partial charge in [0.15, 0.2) is 23.9 Å². The molecule has 6 nitrogen and oxygen atoms in total. The highest BCUT2D eigenvalue weighted by Crippen LogP contribution is 2.39. The van der Waals surface area contributed by atoms with Crippen molar-refractivity contribution < 1.29 is 29.3 Å². The van der Waals surface area contributed by atoms with E-state index in [0.29, 0.717) is 25.9 Å². The minimum Gasteiger partial charge on any atom is -0.489 e. The summed E-state index contributed by atoms with van der Waals surface area (Å²) < 4.78 is 10.8. The molecule has 1 heterocycles. The average Bonchev–Trinajstić information content (AvgIpc) is 2.62. The number of aldehydes is 1. The first-order valence-corrected chi connectivity index (χ1v) is 5.43. The molecule has 0 fully saturated rings. The smallest absolute Gasteiger partial charge is 0.337 e. The molecule has 0 bridgehead atoms. The van der Waals surface area contributed by atoms with Crippen LogP contribution < -0.4 is 9.47 Å². The Morgan fingerprint density at radius 1 is 1.28 bits per heavy atom. The van der Waals surface area contributed by atoms with Crippen LogP contribution >= 0.6 is 0 Å². The van der Waals surface area contributed by atoms with Crippen LogP contribution in [-0.2, 0) is 4.79 Å². The summed E-state index contributed by atoms with van der Waals surface area (Å²) in [6, 6.07) is 2.76. The molecule has 96 valence electrons. The van der Waals surface area contributed by atoms with Gasteiger partial charge in [0.2, 0.25) is 0 Å². The number of carbonyl (C=O) groups excluding carboxylic acids is 1. The minimum absolute atomic E-state index is 0.0880. The third-order valence-corrected chi connectivity index (χ3v) is 2.61. The number of ether oxygens (including phenoxy) is 2. The number of hydrogen-bond acceptors (Lipinski definition) is 5. The summed E-state index contributed by atoms with van der Waals surface area (Å²) in [6.45, 7) is 0.717. The van der Waals surface area contributed by atoms with Crippen molar-refractivity contribution >= 4 is 12.3 Å². The van der Waals surface area contributed by atoms with Crippen molar-refractivity contribution in [2.75, 3.05) is 13.2 Å². The molecule has 2 rings (SSSR count). The van der Waals surface area contributed by atoms with Gasteiger partial charge in [-0.15, -0.1) is 0 Å². The van der Waals surface area contributed by atoms with Crippen molar-refractivity contribution in [2.24, 2.45) is 0 Å². The highest BCUT2D eigenvalue weighted by Gasteiger charge is 2.26. The molecule has 0 amide bonds. The molecule has 2 N–H and O–H groups in total. The Bertz CT molecular complexity index is 482. The predicted molar refractivity (Wildman–Crippen MR) is 60.0 cm³/mol. The Hall–Kier alpha value is -2.08. The molecule has 1 unspecified atom stereocenters. The molecule has 18 heavy (non-hydrogen) atoms. The van der Waals surface area contributed by atoms with Crippen molar-refractivity contribution in [3.63, 3.8) is 0 Å². The van der Waals surface area contributed by atoms with Crippen molar-refractivity contribution in [3.8, 4) is 11.5 Å². The van der Waals surface area contributed by atoms with Crippen LogP contribution in [0.3, 0.4) is 0 Å². The highest BCUT2D eigenvalue weighted by atomic mass is 16.5. The maximum Gasteiger partial charge on any atom is 0.337 e. The van der Waals surface area contributed by atoms with E-state index < -0.39 is 12.1 Å². The molecule has 1 atom stereocenters. The van der Waals surface area contributed by atoms with Gasteiger partial charge in [0, 0.05) is 12.0 Å². The van der Waals surface area contributed by atoms with Crippen LogP contribution in [0, 0.1) is 0 Å². The summed E-state index contributed by atoms with van der Waals surface area (Å²) in [6.07, 6.45) is -0.485. The van der Waals surface area contributed by atoms with Gasteiger partial charge in [0.05, 0.1) is 18.8 Å². The summed E-state index contributed by atoms with van der Waals surface area (Å²) in [5, 5.41) is 18.4. The molecule has 0 aromatic heterocycles. The Morgan fingerprint density at radius 3 is 2.56 bits per heavy atom. The van der Waals surface area contributed by atoms with Gasteiger partial charge in [-0.1, -0.05) is 6.07 Å². The van der Waals surface area contributed by atoms with E-state index in [1.54, 1.807) is 0 Å². The van der Waals surface area contributed by atoms with Gasteiger partial charge in [0.25, 0.3) is 0 Å². The second-order valence-corrected chi connectivity index (χ2v) is 3.81. The van der Waals surface area contributed by atoms with Gasteiger partial charge in [-0.25, -0.2) is 4.79 Å². The van der Waals surface area contributed by atoms with Crippen LogP contribution in [0.5, 0.6) is 11.5 Å². The van der Waals surface area contributed by atoms with Crippen molar-refractivity contribution in [1.82, 2.24) is 0 Å². The quantitative estimate of drug-likeness (QED) is 0.772. The fourth-order valence-electron chi connectivity index (χ4n) is 1.74.